The molecule has 2 aromatic rings. The molecule has 1 aromatic carbocycles. The molecule has 1 amide bonds. The summed E-state index contributed by atoms with van der Waals surface area (Å²) in [7, 11) is 1.98. The molecule has 0 radical (unpaired) electrons. The first-order chi connectivity index (χ1) is 9.24. The molecule has 3 rings (SSSR count). The summed E-state index contributed by atoms with van der Waals surface area (Å²) in [6, 6.07) is 10.2. The molecular formula is C16H18N2O. The Morgan fingerprint density at radius 1 is 1.26 bits per heavy atom. The topological polar surface area (TPSA) is 25.2 Å². The molecule has 0 N–H and O–H groups in total. The summed E-state index contributed by atoms with van der Waals surface area (Å²) in [5.41, 5.74) is 3.46. The monoisotopic (exact) mass is 254 g/mol. The van der Waals surface area contributed by atoms with Gasteiger partial charge < -0.3 is 9.47 Å². The normalized spacial score (nSPS) is 14.3. The van der Waals surface area contributed by atoms with E-state index >= 15 is 0 Å². The number of para-hydroxylation sites is 1. The fourth-order valence-corrected chi connectivity index (χ4v) is 2.73. The zero-order chi connectivity index (χ0) is 13.2. The van der Waals surface area contributed by atoms with E-state index in [1.165, 1.54) is 5.56 Å². The smallest absolute Gasteiger partial charge is 0.231 e. The number of carbonyl (C=O) groups excluding carboxylic acids is 1. The van der Waals surface area contributed by atoms with Crippen molar-refractivity contribution >= 4 is 11.6 Å². The number of rotatable bonds is 2. The molecule has 0 bridgehead atoms. The molecule has 1 aromatic heterocycles. The molecule has 0 atom stereocenters. The van der Waals surface area contributed by atoms with Crippen LogP contribution in [0.4, 0.5) is 5.69 Å². The molecule has 1 aliphatic heterocycles. The van der Waals surface area contributed by atoms with Gasteiger partial charge in [-0.15, -0.1) is 0 Å². The van der Waals surface area contributed by atoms with Crippen LogP contribution >= 0.6 is 0 Å². The van der Waals surface area contributed by atoms with E-state index in [4.69, 9.17) is 0 Å². The van der Waals surface area contributed by atoms with Gasteiger partial charge in [-0.25, -0.2) is 0 Å². The fraction of sp³-hybridized carbons (Fsp3) is 0.312. The minimum absolute atomic E-state index is 0.193. The van der Waals surface area contributed by atoms with Crippen LogP contribution in [-0.2, 0) is 24.7 Å². The SMILES string of the molecule is Cn1ccc(CC(=O)N2CCCc3ccccc32)c1. The van der Waals surface area contributed by atoms with E-state index in [0.717, 1.165) is 30.6 Å². The van der Waals surface area contributed by atoms with Gasteiger partial charge in [0.25, 0.3) is 0 Å². The molecule has 3 nitrogen and oxygen atoms in total. The van der Waals surface area contributed by atoms with Crippen molar-refractivity contribution < 1.29 is 4.79 Å². The van der Waals surface area contributed by atoms with Gasteiger partial charge in [-0.05, 0) is 36.1 Å². The summed E-state index contributed by atoms with van der Waals surface area (Å²) in [5, 5.41) is 0. The first-order valence-corrected chi connectivity index (χ1v) is 6.73. The highest BCUT2D eigenvalue weighted by molar-refractivity contribution is 5.95. The zero-order valence-electron chi connectivity index (χ0n) is 11.2. The molecule has 0 spiro atoms. The van der Waals surface area contributed by atoms with E-state index in [1.807, 2.05) is 47.1 Å². The second-order valence-electron chi connectivity index (χ2n) is 5.14. The Kier molecular flexibility index (Phi) is 3.11. The van der Waals surface area contributed by atoms with Crippen LogP contribution in [-0.4, -0.2) is 17.0 Å². The molecule has 0 saturated carbocycles. The molecule has 98 valence electrons. The summed E-state index contributed by atoms with van der Waals surface area (Å²) in [5.74, 6) is 0.193. The van der Waals surface area contributed by atoms with E-state index in [9.17, 15) is 4.79 Å². The average molecular weight is 254 g/mol. The minimum atomic E-state index is 0.193. The van der Waals surface area contributed by atoms with Crippen molar-refractivity contribution in [3.8, 4) is 0 Å². The summed E-state index contributed by atoms with van der Waals surface area (Å²) >= 11 is 0. The maximum absolute atomic E-state index is 12.5. The van der Waals surface area contributed by atoms with Crippen LogP contribution in [0.25, 0.3) is 0 Å². The van der Waals surface area contributed by atoms with Crippen molar-refractivity contribution in [2.45, 2.75) is 19.3 Å². The van der Waals surface area contributed by atoms with Crippen LogP contribution in [0.15, 0.2) is 42.7 Å². The molecule has 0 unspecified atom stereocenters. The summed E-state index contributed by atoms with van der Waals surface area (Å²) in [6.07, 6.45) is 6.60. The van der Waals surface area contributed by atoms with Crippen LogP contribution in [0.3, 0.4) is 0 Å². The second-order valence-corrected chi connectivity index (χ2v) is 5.14. The molecule has 0 aliphatic carbocycles. The Morgan fingerprint density at radius 2 is 2.11 bits per heavy atom. The lowest BCUT2D eigenvalue weighted by molar-refractivity contribution is -0.118. The quantitative estimate of drug-likeness (QED) is 0.808. The van der Waals surface area contributed by atoms with Gasteiger partial charge in [0.05, 0.1) is 6.42 Å². The number of carbonyl (C=O) groups is 1. The van der Waals surface area contributed by atoms with Crippen molar-refractivity contribution in [3.63, 3.8) is 0 Å². The number of benzene rings is 1. The Hall–Kier alpha value is -2.03. The van der Waals surface area contributed by atoms with Gasteiger partial charge in [-0.3, -0.25) is 4.79 Å². The van der Waals surface area contributed by atoms with E-state index < -0.39 is 0 Å². The number of hydrogen-bond acceptors (Lipinski definition) is 1. The Balaban J connectivity index is 1.81. The third-order valence-electron chi connectivity index (χ3n) is 3.66. The van der Waals surface area contributed by atoms with Gasteiger partial charge >= 0.3 is 0 Å². The lowest BCUT2D eigenvalue weighted by Gasteiger charge is -2.29. The summed E-state index contributed by atoms with van der Waals surface area (Å²) in [6.45, 7) is 0.836. The van der Waals surface area contributed by atoms with Crippen LogP contribution < -0.4 is 4.90 Å². The van der Waals surface area contributed by atoms with Crippen molar-refractivity contribution in [1.82, 2.24) is 4.57 Å². The van der Waals surface area contributed by atoms with Gasteiger partial charge in [-0.1, -0.05) is 18.2 Å². The number of anilines is 1. The summed E-state index contributed by atoms with van der Waals surface area (Å²) in [4.78, 5) is 14.4. The number of fused-ring (bicyclic) bond motifs is 1. The van der Waals surface area contributed by atoms with Crippen molar-refractivity contribution in [3.05, 3.63) is 53.9 Å². The third-order valence-corrected chi connectivity index (χ3v) is 3.66. The highest BCUT2D eigenvalue weighted by atomic mass is 16.2. The van der Waals surface area contributed by atoms with E-state index in [2.05, 4.69) is 12.1 Å². The standard InChI is InChI=1S/C16H18N2O/c1-17-10-8-13(12-17)11-16(19)18-9-4-6-14-5-2-3-7-15(14)18/h2-3,5,7-8,10,12H,4,6,9,11H2,1H3. The number of aromatic nitrogens is 1. The highest BCUT2D eigenvalue weighted by Gasteiger charge is 2.22. The first kappa shape index (κ1) is 12.0. The molecule has 2 heterocycles. The average Bonchev–Trinajstić information content (AvgIpc) is 2.83. The maximum Gasteiger partial charge on any atom is 0.231 e. The molecular weight excluding hydrogens is 236 g/mol. The molecule has 0 fully saturated rings. The minimum Gasteiger partial charge on any atom is -0.357 e. The van der Waals surface area contributed by atoms with Gasteiger partial charge in [0.2, 0.25) is 5.91 Å². The zero-order valence-corrected chi connectivity index (χ0v) is 11.2. The van der Waals surface area contributed by atoms with Crippen molar-refractivity contribution in [2.75, 3.05) is 11.4 Å². The van der Waals surface area contributed by atoms with Gasteiger partial charge in [0.1, 0.15) is 0 Å². The second kappa shape index (κ2) is 4.92. The summed E-state index contributed by atoms with van der Waals surface area (Å²) < 4.78 is 1.98. The highest BCUT2D eigenvalue weighted by Crippen LogP contribution is 2.27. The molecule has 1 aliphatic rings. The largest absolute Gasteiger partial charge is 0.357 e. The van der Waals surface area contributed by atoms with E-state index in [1.54, 1.807) is 0 Å². The van der Waals surface area contributed by atoms with Gasteiger partial charge in [0.15, 0.2) is 0 Å². The van der Waals surface area contributed by atoms with Gasteiger partial charge in [0, 0.05) is 31.7 Å². The Morgan fingerprint density at radius 3 is 2.89 bits per heavy atom. The lowest BCUT2D eigenvalue weighted by Crippen LogP contribution is -2.36. The predicted octanol–water partition coefficient (Wildman–Crippen LogP) is 2.55. The fourth-order valence-electron chi connectivity index (χ4n) is 2.73. The van der Waals surface area contributed by atoms with Crippen LogP contribution in [0.2, 0.25) is 0 Å². The lowest BCUT2D eigenvalue weighted by atomic mass is 10.0. The number of nitrogens with zero attached hydrogens (tertiary/aromatic N) is 2. The number of hydrogen-bond donors (Lipinski definition) is 0. The van der Waals surface area contributed by atoms with Crippen LogP contribution in [0.5, 0.6) is 0 Å². The first-order valence-electron chi connectivity index (χ1n) is 6.73. The van der Waals surface area contributed by atoms with Gasteiger partial charge in [-0.2, -0.15) is 0 Å². The molecule has 19 heavy (non-hydrogen) atoms. The Bertz CT molecular complexity index is 600. The molecule has 3 heteroatoms. The number of aryl methyl sites for hydroxylation is 2. The number of amides is 1. The third kappa shape index (κ3) is 2.41. The van der Waals surface area contributed by atoms with Crippen LogP contribution in [0, 0.1) is 0 Å². The van der Waals surface area contributed by atoms with E-state index in [-0.39, 0.29) is 5.91 Å². The van der Waals surface area contributed by atoms with Crippen molar-refractivity contribution in [1.29, 1.82) is 0 Å². The maximum atomic E-state index is 12.5. The van der Waals surface area contributed by atoms with Crippen LogP contribution in [0.1, 0.15) is 17.5 Å². The van der Waals surface area contributed by atoms with E-state index in [0.29, 0.717) is 6.42 Å². The van der Waals surface area contributed by atoms with Crippen molar-refractivity contribution in [2.24, 2.45) is 7.05 Å². The predicted molar refractivity (Wildman–Crippen MR) is 76.2 cm³/mol. The molecule has 0 saturated heterocycles. The Labute approximate surface area is 113 Å².